The monoisotopic (exact) mass is 149 g/mol. The van der Waals surface area contributed by atoms with Gasteiger partial charge in [-0.3, -0.25) is 0 Å². The number of hydrogen-bond donors (Lipinski definition) is 0. The highest BCUT2D eigenvalue weighted by Gasteiger charge is 2.58. The van der Waals surface area contributed by atoms with Gasteiger partial charge in [-0.15, -0.1) is 0 Å². The van der Waals surface area contributed by atoms with Gasteiger partial charge in [0.05, 0.1) is 18.3 Å². The van der Waals surface area contributed by atoms with Crippen LogP contribution in [0.1, 0.15) is 19.3 Å². The average Bonchev–Trinajstić information content (AvgIpc) is 2.67. The van der Waals surface area contributed by atoms with E-state index in [1.54, 1.807) is 0 Å². The van der Waals surface area contributed by atoms with Crippen molar-refractivity contribution in [2.24, 2.45) is 17.8 Å². The van der Waals surface area contributed by atoms with Crippen LogP contribution in [0.15, 0.2) is 0 Å². The third-order valence-electron chi connectivity index (χ3n) is 3.59. The van der Waals surface area contributed by atoms with Crippen LogP contribution in [0.25, 0.3) is 0 Å². The molecule has 0 aromatic carbocycles. The van der Waals surface area contributed by atoms with Gasteiger partial charge in [-0.25, -0.2) is 0 Å². The van der Waals surface area contributed by atoms with Crippen LogP contribution in [0, 0.1) is 29.1 Å². The maximum absolute atomic E-state index is 8.73. The molecule has 0 radical (unpaired) electrons. The van der Waals surface area contributed by atoms with Crippen molar-refractivity contribution in [1.82, 2.24) is 0 Å². The summed E-state index contributed by atoms with van der Waals surface area (Å²) in [5.74, 6) is 1.83. The second-order valence-corrected chi connectivity index (χ2v) is 4.02. The van der Waals surface area contributed by atoms with E-state index in [4.69, 9.17) is 10.00 Å². The van der Waals surface area contributed by atoms with Crippen LogP contribution < -0.4 is 0 Å². The van der Waals surface area contributed by atoms with E-state index >= 15 is 0 Å². The Morgan fingerprint density at radius 2 is 2.18 bits per heavy atom. The number of epoxide rings is 1. The summed E-state index contributed by atoms with van der Waals surface area (Å²) < 4.78 is 5.50. The van der Waals surface area contributed by atoms with E-state index in [-0.39, 0.29) is 0 Å². The number of nitrogens with zero attached hydrogens (tertiary/aromatic N) is 1. The van der Waals surface area contributed by atoms with Gasteiger partial charge in [-0.1, -0.05) is 0 Å². The largest absolute Gasteiger partial charge is 0.369 e. The lowest BCUT2D eigenvalue weighted by Crippen LogP contribution is -2.42. The lowest BCUT2D eigenvalue weighted by molar-refractivity contribution is 0.0707. The van der Waals surface area contributed by atoms with Crippen LogP contribution in [0.5, 0.6) is 0 Å². The first kappa shape index (κ1) is 6.02. The summed E-state index contributed by atoms with van der Waals surface area (Å²) in [5, 5.41) is 8.73. The first-order valence-corrected chi connectivity index (χ1v) is 4.45. The van der Waals surface area contributed by atoms with Crippen molar-refractivity contribution in [3.8, 4) is 6.07 Å². The van der Waals surface area contributed by atoms with Gasteiger partial charge < -0.3 is 4.74 Å². The molecule has 2 aliphatic carbocycles. The van der Waals surface area contributed by atoms with E-state index in [2.05, 4.69) is 6.07 Å². The molecule has 0 aromatic rings. The van der Waals surface area contributed by atoms with Gasteiger partial charge in [-0.2, -0.15) is 5.26 Å². The zero-order valence-electron chi connectivity index (χ0n) is 6.36. The SMILES string of the molecule is N#CC1CC2C1CCC1OC12. The Balaban J connectivity index is 1.77. The molecule has 1 heterocycles. The highest BCUT2D eigenvalue weighted by Crippen LogP contribution is 2.56. The number of nitriles is 1. The van der Waals surface area contributed by atoms with Crippen molar-refractivity contribution in [1.29, 1.82) is 5.26 Å². The van der Waals surface area contributed by atoms with Gasteiger partial charge in [-0.05, 0) is 31.1 Å². The van der Waals surface area contributed by atoms with Gasteiger partial charge in [0.25, 0.3) is 0 Å². The Kier molecular flexibility index (Phi) is 0.976. The van der Waals surface area contributed by atoms with E-state index in [0.717, 1.165) is 12.3 Å². The Bertz CT molecular complexity index is 232. The van der Waals surface area contributed by atoms with E-state index in [9.17, 15) is 0 Å². The molecule has 2 heteroatoms. The highest BCUT2D eigenvalue weighted by atomic mass is 16.6. The summed E-state index contributed by atoms with van der Waals surface area (Å²) in [6.45, 7) is 0. The maximum atomic E-state index is 8.73. The molecule has 3 fully saturated rings. The number of rotatable bonds is 0. The van der Waals surface area contributed by atoms with Gasteiger partial charge >= 0.3 is 0 Å². The van der Waals surface area contributed by atoms with Crippen molar-refractivity contribution < 1.29 is 4.74 Å². The lowest BCUT2D eigenvalue weighted by Gasteiger charge is -2.42. The summed E-state index contributed by atoms with van der Waals surface area (Å²) in [6.07, 6.45) is 4.73. The number of fused-ring (bicyclic) bond motifs is 3. The van der Waals surface area contributed by atoms with E-state index in [1.807, 2.05) is 0 Å². The van der Waals surface area contributed by atoms with Crippen molar-refractivity contribution in [2.45, 2.75) is 31.5 Å². The fraction of sp³-hybridized carbons (Fsp3) is 0.889. The Labute approximate surface area is 66.1 Å². The van der Waals surface area contributed by atoms with E-state index in [1.165, 1.54) is 12.8 Å². The molecular formula is C9H11NO. The quantitative estimate of drug-likeness (QED) is 0.487. The van der Waals surface area contributed by atoms with Gasteiger partial charge in [0, 0.05) is 5.92 Å². The summed E-state index contributed by atoms with van der Waals surface area (Å²) in [5.41, 5.74) is 0. The minimum atomic E-state index is 0.366. The zero-order valence-corrected chi connectivity index (χ0v) is 6.36. The van der Waals surface area contributed by atoms with Gasteiger partial charge in [0.15, 0.2) is 0 Å². The molecule has 11 heavy (non-hydrogen) atoms. The fourth-order valence-electron chi connectivity index (χ4n) is 2.81. The normalized spacial score (nSPS) is 58.3. The molecule has 5 atom stereocenters. The van der Waals surface area contributed by atoms with Crippen LogP contribution in [-0.2, 0) is 4.74 Å². The number of hydrogen-bond acceptors (Lipinski definition) is 2. The molecule has 0 amide bonds. The Hall–Kier alpha value is -0.550. The van der Waals surface area contributed by atoms with Crippen molar-refractivity contribution in [3.05, 3.63) is 0 Å². The topological polar surface area (TPSA) is 36.3 Å². The molecular weight excluding hydrogens is 138 g/mol. The molecule has 1 saturated heterocycles. The van der Waals surface area contributed by atoms with Crippen LogP contribution in [0.2, 0.25) is 0 Å². The molecule has 2 saturated carbocycles. The molecule has 0 aromatic heterocycles. The van der Waals surface area contributed by atoms with Gasteiger partial charge in [0.2, 0.25) is 0 Å². The minimum Gasteiger partial charge on any atom is -0.369 e. The molecule has 58 valence electrons. The first-order valence-electron chi connectivity index (χ1n) is 4.45. The van der Waals surface area contributed by atoms with Crippen molar-refractivity contribution >= 4 is 0 Å². The molecule has 0 spiro atoms. The third kappa shape index (κ3) is 0.648. The summed E-state index contributed by atoms with van der Waals surface area (Å²) in [4.78, 5) is 0. The standard InChI is InChI=1S/C9H11NO/c10-4-5-3-7-6(5)1-2-8-9(7)11-8/h5-9H,1-3H2. The van der Waals surface area contributed by atoms with Crippen LogP contribution >= 0.6 is 0 Å². The summed E-state index contributed by atoms with van der Waals surface area (Å²) in [6, 6.07) is 2.38. The minimum absolute atomic E-state index is 0.366. The third-order valence-corrected chi connectivity index (χ3v) is 3.59. The van der Waals surface area contributed by atoms with Crippen LogP contribution in [0.4, 0.5) is 0 Å². The zero-order chi connectivity index (χ0) is 7.42. The van der Waals surface area contributed by atoms with Gasteiger partial charge in [0.1, 0.15) is 0 Å². The van der Waals surface area contributed by atoms with E-state index < -0.39 is 0 Å². The summed E-state index contributed by atoms with van der Waals surface area (Å²) in [7, 11) is 0. The van der Waals surface area contributed by atoms with Crippen molar-refractivity contribution in [3.63, 3.8) is 0 Å². The molecule has 1 aliphatic heterocycles. The highest BCUT2D eigenvalue weighted by molar-refractivity contribution is 5.10. The second-order valence-electron chi connectivity index (χ2n) is 4.02. The Morgan fingerprint density at radius 3 is 3.00 bits per heavy atom. The summed E-state index contributed by atoms with van der Waals surface area (Å²) >= 11 is 0. The molecule has 2 nitrogen and oxygen atoms in total. The average molecular weight is 149 g/mol. The predicted molar refractivity (Wildman–Crippen MR) is 38.6 cm³/mol. The molecule has 0 N–H and O–H groups in total. The van der Waals surface area contributed by atoms with E-state index in [0.29, 0.717) is 24.0 Å². The lowest BCUT2D eigenvalue weighted by atomic mass is 9.59. The molecule has 3 rings (SSSR count). The Morgan fingerprint density at radius 1 is 1.27 bits per heavy atom. The molecule has 5 unspecified atom stereocenters. The first-order chi connectivity index (χ1) is 5.40. The molecule has 0 bridgehead atoms. The maximum Gasteiger partial charge on any atom is 0.0873 e. The number of ether oxygens (including phenoxy) is 1. The van der Waals surface area contributed by atoms with Crippen molar-refractivity contribution in [2.75, 3.05) is 0 Å². The molecule has 3 aliphatic rings. The fourth-order valence-corrected chi connectivity index (χ4v) is 2.81. The smallest absolute Gasteiger partial charge is 0.0873 e. The van der Waals surface area contributed by atoms with Crippen LogP contribution in [-0.4, -0.2) is 12.2 Å². The second kappa shape index (κ2) is 1.78. The van der Waals surface area contributed by atoms with Crippen LogP contribution in [0.3, 0.4) is 0 Å². The predicted octanol–water partition coefficient (Wildman–Crippen LogP) is 1.32.